The van der Waals surface area contributed by atoms with Gasteiger partial charge in [-0.3, -0.25) is 4.79 Å². The highest BCUT2D eigenvalue weighted by Gasteiger charge is 2.20. The summed E-state index contributed by atoms with van der Waals surface area (Å²) in [6.45, 7) is 5.34. The first-order valence-electron chi connectivity index (χ1n) is 9.03. The first-order valence-corrected chi connectivity index (χ1v) is 9.79. The van der Waals surface area contributed by atoms with Gasteiger partial charge in [-0.25, -0.2) is 0 Å². The topological polar surface area (TPSA) is 135 Å². The third kappa shape index (κ3) is 6.67. The summed E-state index contributed by atoms with van der Waals surface area (Å²) < 4.78 is 5.46. The van der Waals surface area contributed by atoms with Crippen molar-refractivity contribution in [3.8, 4) is 11.3 Å². The van der Waals surface area contributed by atoms with Gasteiger partial charge in [-0.05, 0) is 12.0 Å². The second-order valence-corrected chi connectivity index (χ2v) is 7.31. The number of hydrogen-bond donors (Lipinski definition) is 4. The lowest BCUT2D eigenvalue weighted by Gasteiger charge is -2.17. The molecule has 0 bridgehead atoms. The fourth-order valence-electron chi connectivity index (χ4n) is 2.52. The molecule has 5 N–H and O–H groups in total. The number of nitrogens with zero attached hydrogens (tertiary/aromatic N) is 3. The van der Waals surface area contributed by atoms with E-state index in [1.807, 2.05) is 13.8 Å². The fraction of sp³-hybridized carbons (Fsp3) is 0.444. The number of nitrogen functional groups attached to an aromatic ring is 1. The number of hydrogen-bond acceptors (Lipinski definition) is 8. The number of carboxylic acid groups (broad SMARTS) is 1. The summed E-state index contributed by atoms with van der Waals surface area (Å²) in [5.74, 6) is -0.442. The molecule has 0 aliphatic rings. The van der Waals surface area contributed by atoms with Gasteiger partial charge in [0.05, 0.1) is 23.3 Å². The minimum atomic E-state index is -0.869. The van der Waals surface area contributed by atoms with Gasteiger partial charge in [-0.15, -0.1) is 10.2 Å². The number of halogens is 2. The van der Waals surface area contributed by atoms with E-state index >= 15 is 0 Å². The third-order valence-corrected chi connectivity index (χ3v) is 4.81. The molecule has 29 heavy (non-hydrogen) atoms. The lowest BCUT2D eigenvalue weighted by molar-refractivity contribution is -0.140. The SMILES string of the molecule is CC(C)C(NCCOCCNc1nnc(-c2cccc(Cl)c2Cl)c(N)n1)C(=O)O. The summed E-state index contributed by atoms with van der Waals surface area (Å²) in [6.07, 6.45) is 0. The van der Waals surface area contributed by atoms with Crippen LogP contribution in [0, 0.1) is 5.92 Å². The number of aliphatic carboxylic acids is 1. The molecule has 9 nitrogen and oxygen atoms in total. The van der Waals surface area contributed by atoms with Crippen LogP contribution in [0.2, 0.25) is 10.0 Å². The smallest absolute Gasteiger partial charge is 0.320 e. The van der Waals surface area contributed by atoms with Gasteiger partial charge in [0.15, 0.2) is 5.82 Å². The molecular weight excluding hydrogens is 419 g/mol. The molecule has 158 valence electrons. The zero-order chi connectivity index (χ0) is 21.4. The first-order chi connectivity index (χ1) is 13.8. The van der Waals surface area contributed by atoms with Crippen molar-refractivity contribution >= 4 is 40.9 Å². The van der Waals surface area contributed by atoms with Gasteiger partial charge in [0.25, 0.3) is 0 Å². The number of benzene rings is 1. The average Bonchev–Trinajstić information content (AvgIpc) is 2.66. The second-order valence-electron chi connectivity index (χ2n) is 6.52. The second kappa shape index (κ2) is 11.1. The fourth-order valence-corrected chi connectivity index (χ4v) is 2.91. The van der Waals surface area contributed by atoms with E-state index in [2.05, 4.69) is 25.8 Å². The van der Waals surface area contributed by atoms with Gasteiger partial charge in [-0.1, -0.05) is 49.2 Å². The van der Waals surface area contributed by atoms with Crippen LogP contribution in [0.3, 0.4) is 0 Å². The molecule has 0 fully saturated rings. The molecule has 0 radical (unpaired) electrons. The van der Waals surface area contributed by atoms with Gasteiger partial charge in [0.1, 0.15) is 11.7 Å². The minimum Gasteiger partial charge on any atom is -0.480 e. The van der Waals surface area contributed by atoms with Crippen molar-refractivity contribution < 1.29 is 14.6 Å². The van der Waals surface area contributed by atoms with Crippen LogP contribution in [0.25, 0.3) is 11.3 Å². The zero-order valence-electron chi connectivity index (χ0n) is 16.2. The van der Waals surface area contributed by atoms with E-state index in [1.54, 1.807) is 18.2 Å². The number of anilines is 2. The van der Waals surface area contributed by atoms with E-state index in [0.29, 0.717) is 47.6 Å². The first kappa shape index (κ1) is 23.1. The number of ether oxygens (including phenoxy) is 1. The number of nitrogens with one attached hydrogen (secondary N) is 2. The van der Waals surface area contributed by atoms with Gasteiger partial charge in [-0.2, -0.15) is 4.98 Å². The lowest BCUT2D eigenvalue weighted by atomic mass is 10.1. The molecule has 1 aromatic carbocycles. The van der Waals surface area contributed by atoms with Crippen LogP contribution in [-0.2, 0) is 9.53 Å². The molecule has 0 saturated carbocycles. The van der Waals surface area contributed by atoms with Gasteiger partial charge < -0.3 is 26.2 Å². The van der Waals surface area contributed by atoms with Crippen LogP contribution in [0.4, 0.5) is 11.8 Å². The van der Waals surface area contributed by atoms with E-state index in [1.165, 1.54) is 0 Å². The van der Waals surface area contributed by atoms with Crippen LogP contribution >= 0.6 is 23.2 Å². The Labute approximate surface area is 179 Å². The Balaban J connectivity index is 1.77. The molecular formula is C18H24Cl2N6O3. The van der Waals surface area contributed by atoms with Crippen molar-refractivity contribution in [3.05, 3.63) is 28.2 Å². The molecule has 11 heteroatoms. The van der Waals surface area contributed by atoms with Crippen LogP contribution in [0.15, 0.2) is 18.2 Å². The molecule has 0 saturated heterocycles. The van der Waals surface area contributed by atoms with Gasteiger partial charge in [0.2, 0.25) is 5.95 Å². The molecule has 1 unspecified atom stereocenters. The number of nitrogens with two attached hydrogens (primary N) is 1. The Morgan fingerprint density at radius 2 is 1.97 bits per heavy atom. The molecule has 2 aromatic rings. The van der Waals surface area contributed by atoms with Crippen molar-refractivity contribution in [2.45, 2.75) is 19.9 Å². The van der Waals surface area contributed by atoms with Crippen LogP contribution < -0.4 is 16.4 Å². The van der Waals surface area contributed by atoms with Crippen LogP contribution in [-0.4, -0.2) is 58.6 Å². The Bertz CT molecular complexity index is 837. The van der Waals surface area contributed by atoms with E-state index in [4.69, 9.17) is 38.8 Å². The van der Waals surface area contributed by atoms with Crippen molar-refractivity contribution in [1.29, 1.82) is 0 Å². The van der Waals surface area contributed by atoms with E-state index in [0.717, 1.165) is 0 Å². The van der Waals surface area contributed by atoms with Crippen molar-refractivity contribution in [3.63, 3.8) is 0 Å². The molecule has 2 rings (SSSR count). The summed E-state index contributed by atoms with van der Waals surface area (Å²) in [7, 11) is 0. The molecule has 0 spiro atoms. The summed E-state index contributed by atoms with van der Waals surface area (Å²) in [6, 6.07) is 4.55. The van der Waals surface area contributed by atoms with Crippen LogP contribution in [0.1, 0.15) is 13.8 Å². The summed E-state index contributed by atoms with van der Waals surface area (Å²) in [5.41, 5.74) is 6.88. The number of carbonyl (C=O) groups is 1. The zero-order valence-corrected chi connectivity index (χ0v) is 17.7. The Morgan fingerprint density at radius 3 is 2.62 bits per heavy atom. The van der Waals surface area contributed by atoms with Crippen molar-refractivity contribution in [1.82, 2.24) is 20.5 Å². The minimum absolute atomic E-state index is 0.00552. The largest absolute Gasteiger partial charge is 0.480 e. The highest BCUT2D eigenvalue weighted by Crippen LogP contribution is 2.34. The highest BCUT2D eigenvalue weighted by molar-refractivity contribution is 6.43. The van der Waals surface area contributed by atoms with Gasteiger partial charge >= 0.3 is 5.97 Å². The average molecular weight is 443 g/mol. The number of rotatable bonds is 11. The maximum atomic E-state index is 11.1. The molecule has 1 atom stereocenters. The number of aromatic nitrogens is 3. The predicted octanol–water partition coefficient (Wildman–Crippen LogP) is 2.55. The maximum Gasteiger partial charge on any atom is 0.320 e. The molecule has 1 aromatic heterocycles. The van der Waals surface area contributed by atoms with E-state index in [-0.39, 0.29) is 17.7 Å². The predicted molar refractivity (Wildman–Crippen MR) is 113 cm³/mol. The lowest BCUT2D eigenvalue weighted by Crippen LogP contribution is -2.42. The molecule has 0 aliphatic carbocycles. The summed E-state index contributed by atoms with van der Waals surface area (Å²) >= 11 is 12.2. The number of carboxylic acids is 1. The Morgan fingerprint density at radius 1 is 1.24 bits per heavy atom. The standard InChI is InChI=1S/C18H24Cl2N6O3/c1-10(2)14(17(27)28)22-6-8-29-9-7-23-18-24-16(21)15(25-26-18)11-4-3-5-12(19)13(11)20/h3-5,10,14,22H,6-9H2,1-2H3,(H,27,28)(H3,21,23,24,26). The Hall–Kier alpha value is -2.20. The normalized spacial score (nSPS) is 12.2. The molecule has 0 amide bonds. The van der Waals surface area contributed by atoms with Crippen LogP contribution in [0.5, 0.6) is 0 Å². The summed E-state index contributed by atoms with van der Waals surface area (Å²) in [5, 5.41) is 23.8. The van der Waals surface area contributed by atoms with E-state index in [9.17, 15) is 4.79 Å². The Kier molecular flexibility index (Phi) is 8.84. The third-order valence-electron chi connectivity index (χ3n) is 3.99. The molecule has 1 heterocycles. The van der Waals surface area contributed by atoms with Gasteiger partial charge in [0, 0.05) is 18.7 Å². The summed E-state index contributed by atoms with van der Waals surface area (Å²) in [4.78, 5) is 15.3. The highest BCUT2D eigenvalue weighted by atomic mass is 35.5. The van der Waals surface area contributed by atoms with Crippen molar-refractivity contribution in [2.75, 3.05) is 37.4 Å². The van der Waals surface area contributed by atoms with Crippen molar-refractivity contribution in [2.24, 2.45) is 5.92 Å². The molecule has 0 aliphatic heterocycles. The monoisotopic (exact) mass is 442 g/mol. The van der Waals surface area contributed by atoms with E-state index < -0.39 is 12.0 Å². The maximum absolute atomic E-state index is 11.1. The quantitative estimate of drug-likeness (QED) is 0.386.